The lowest BCUT2D eigenvalue weighted by molar-refractivity contribution is -0.154. The van der Waals surface area contributed by atoms with E-state index in [1.54, 1.807) is 0 Å². The maximum Gasteiger partial charge on any atom is 0.422 e. The maximum absolute atomic E-state index is 12.4. The first-order chi connectivity index (χ1) is 10.8. The average Bonchev–Trinajstić information content (AvgIpc) is 2.96. The Balaban J connectivity index is 1.96. The molecule has 0 aromatic carbocycles. The number of alkyl halides is 3. The van der Waals surface area contributed by atoms with E-state index in [-0.39, 0.29) is 18.4 Å². The second kappa shape index (κ2) is 7.14. The number of nitrogens with one attached hydrogen (secondary N) is 2. The first-order valence-electron chi connectivity index (χ1n) is 7.01. The summed E-state index contributed by atoms with van der Waals surface area (Å²) in [6.07, 6.45) is -2.52. The fraction of sp³-hybridized carbons (Fsp3) is 0.571. The van der Waals surface area contributed by atoms with Crippen molar-refractivity contribution in [3.05, 3.63) is 18.3 Å². The van der Waals surface area contributed by atoms with Crippen LogP contribution in [-0.2, 0) is 9.53 Å². The van der Waals surface area contributed by atoms with E-state index in [9.17, 15) is 18.0 Å². The highest BCUT2D eigenvalue weighted by Crippen LogP contribution is 2.28. The monoisotopic (exact) mass is 333 g/mol. The highest BCUT2D eigenvalue weighted by molar-refractivity contribution is 5.95. The Bertz CT molecular complexity index is 528. The highest BCUT2D eigenvalue weighted by atomic mass is 19.4. The van der Waals surface area contributed by atoms with Gasteiger partial charge < -0.3 is 20.1 Å². The predicted molar refractivity (Wildman–Crippen MR) is 76.2 cm³/mol. The lowest BCUT2D eigenvalue weighted by Gasteiger charge is -2.25. The van der Waals surface area contributed by atoms with Crippen molar-refractivity contribution >= 4 is 11.6 Å². The molecule has 6 nitrogen and oxygen atoms in total. The number of anilines is 1. The second-order valence-corrected chi connectivity index (χ2v) is 5.38. The molecule has 0 spiro atoms. The molecule has 1 saturated heterocycles. The van der Waals surface area contributed by atoms with Gasteiger partial charge in [0, 0.05) is 19.7 Å². The van der Waals surface area contributed by atoms with Gasteiger partial charge in [-0.2, -0.15) is 13.2 Å². The quantitative estimate of drug-likeness (QED) is 0.827. The van der Waals surface area contributed by atoms with Crippen LogP contribution in [0.25, 0.3) is 0 Å². The van der Waals surface area contributed by atoms with Crippen LogP contribution in [0.2, 0.25) is 0 Å². The first-order valence-corrected chi connectivity index (χ1v) is 7.01. The molecular formula is C14H18F3N3O3. The molecule has 0 saturated carbocycles. The summed E-state index contributed by atoms with van der Waals surface area (Å²) in [6.45, 7) is 0.104. The van der Waals surface area contributed by atoms with E-state index in [4.69, 9.17) is 4.74 Å². The third kappa shape index (κ3) is 4.80. The van der Waals surface area contributed by atoms with Gasteiger partial charge in [0.1, 0.15) is 0 Å². The average molecular weight is 333 g/mol. The van der Waals surface area contributed by atoms with Crippen LogP contribution < -0.4 is 15.4 Å². The lowest BCUT2D eigenvalue weighted by atomic mass is 9.87. The Kier molecular flexibility index (Phi) is 5.42. The van der Waals surface area contributed by atoms with Crippen LogP contribution in [0.1, 0.15) is 6.42 Å². The normalized spacial score (nSPS) is 21.2. The summed E-state index contributed by atoms with van der Waals surface area (Å²) in [7, 11) is 1.53. The van der Waals surface area contributed by atoms with Gasteiger partial charge in [-0.3, -0.25) is 4.79 Å². The number of halogens is 3. The minimum Gasteiger partial charge on any atom is -0.468 e. The van der Waals surface area contributed by atoms with Crippen LogP contribution in [0.15, 0.2) is 18.3 Å². The SMILES string of the molecule is COCC1(C(=O)Nc2ccc(OCC(F)(F)F)nc2)CCNC1. The van der Waals surface area contributed by atoms with E-state index < -0.39 is 18.2 Å². The first kappa shape index (κ1) is 17.5. The van der Waals surface area contributed by atoms with Gasteiger partial charge in [-0.25, -0.2) is 4.98 Å². The summed E-state index contributed by atoms with van der Waals surface area (Å²) in [6, 6.07) is 2.72. The summed E-state index contributed by atoms with van der Waals surface area (Å²) in [5.74, 6) is -0.371. The molecule has 0 radical (unpaired) electrons. The minimum atomic E-state index is -4.42. The Hall–Kier alpha value is -1.87. The molecular weight excluding hydrogens is 315 g/mol. The van der Waals surface area contributed by atoms with Gasteiger partial charge in [-0.05, 0) is 19.0 Å². The van der Waals surface area contributed by atoms with E-state index in [0.717, 1.165) is 6.54 Å². The second-order valence-electron chi connectivity index (χ2n) is 5.38. The maximum atomic E-state index is 12.4. The predicted octanol–water partition coefficient (Wildman–Crippen LogP) is 1.59. The van der Waals surface area contributed by atoms with Crippen LogP contribution in [0.4, 0.5) is 18.9 Å². The number of hydrogen-bond donors (Lipinski definition) is 2. The molecule has 9 heteroatoms. The summed E-state index contributed by atoms with van der Waals surface area (Å²) in [5.41, 5.74) is -0.267. The number of amides is 1. The standard InChI is InChI=1S/C14H18F3N3O3/c1-22-8-13(4-5-18-7-13)12(21)20-10-2-3-11(19-6-10)23-9-14(15,16)17/h2-3,6,18H,4-5,7-9H2,1H3,(H,20,21). The van der Waals surface area contributed by atoms with E-state index >= 15 is 0 Å². The molecule has 1 aliphatic rings. The van der Waals surface area contributed by atoms with E-state index in [0.29, 0.717) is 18.7 Å². The van der Waals surface area contributed by atoms with E-state index in [2.05, 4.69) is 20.4 Å². The van der Waals surface area contributed by atoms with Gasteiger partial charge in [0.15, 0.2) is 6.61 Å². The molecule has 2 rings (SSSR count). The summed E-state index contributed by atoms with van der Waals surface area (Å²) in [4.78, 5) is 16.2. The van der Waals surface area contributed by atoms with Gasteiger partial charge >= 0.3 is 6.18 Å². The largest absolute Gasteiger partial charge is 0.468 e. The zero-order valence-corrected chi connectivity index (χ0v) is 12.6. The zero-order chi connectivity index (χ0) is 16.9. The molecule has 1 unspecified atom stereocenters. The molecule has 23 heavy (non-hydrogen) atoms. The number of aromatic nitrogens is 1. The number of carbonyl (C=O) groups is 1. The number of carbonyl (C=O) groups excluding carboxylic acids is 1. The summed E-state index contributed by atoms with van der Waals surface area (Å²) in [5, 5.41) is 5.83. The molecule has 1 aromatic heterocycles. The third-order valence-corrected chi connectivity index (χ3v) is 3.52. The van der Waals surface area contributed by atoms with E-state index in [1.807, 2.05) is 0 Å². The molecule has 1 fully saturated rings. The van der Waals surface area contributed by atoms with Crippen molar-refractivity contribution in [1.29, 1.82) is 0 Å². The lowest BCUT2D eigenvalue weighted by Crippen LogP contribution is -2.41. The summed E-state index contributed by atoms with van der Waals surface area (Å²) < 4.78 is 45.8. The number of rotatable bonds is 6. The Morgan fingerprint density at radius 2 is 2.26 bits per heavy atom. The minimum absolute atomic E-state index is 0.158. The zero-order valence-electron chi connectivity index (χ0n) is 12.6. The highest BCUT2D eigenvalue weighted by Gasteiger charge is 2.41. The van der Waals surface area contributed by atoms with Crippen molar-refractivity contribution < 1.29 is 27.4 Å². The van der Waals surface area contributed by atoms with Gasteiger partial charge in [-0.15, -0.1) is 0 Å². The number of nitrogens with zero attached hydrogens (tertiary/aromatic N) is 1. The third-order valence-electron chi connectivity index (χ3n) is 3.52. The molecule has 0 aliphatic carbocycles. The van der Waals surface area contributed by atoms with Crippen LogP contribution in [0.5, 0.6) is 5.88 Å². The topological polar surface area (TPSA) is 72.5 Å². The fourth-order valence-electron chi connectivity index (χ4n) is 2.36. The van der Waals surface area contributed by atoms with Crippen molar-refractivity contribution in [2.45, 2.75) is 12.6 Å². The van der Waals surface area contributed by atoms with Gasteiger partial charge in [0.05, 0.1) is 23.9 Å². The van der Waals surface area contributed by atoms with Crippen LogP contribution >= 0.6 is 0 Å². The molecule has 1 amide bonds. The molecule has 2 N–H and O–H groups in total. The van der Waals surface area contributed by atoms with Crippen LogP contribution in [0.3, 0.4) is 0 Å². The van der Waals surface area contributed by atoms with Crippen molar-refractivity contribution in [1.82, 2.24) is 10.3 Å². The van der Waals surface area contributed by atoms with E-state index in [1.165, 1.54) is 25.4 Å². The molecule has 128 valence electrons. The van der Waals surface area contributed by atoms with Gasteiger partial charge in [-0.1, -0.05) is 0 Å². The number of methoxy groups -OCH3 is 1. The van der Waals surface area contributed by atoms with Crippen LogP contribution in [0, 0.1) is 5.41 Å². The van der Waals surface area contributed by atoms with Crippen molar-refractivity contribution in [2.75, 3.05) is 38.7 Å². The Morgan fingerprint density at radius 3 is 2.78 bits per heavy atom. The van der Waals surface area contributed by atoms with Gasteiger partial charge in [0.25, 0.3) is 0 Å². The molecule has 0 bridgehead atoms. The molecule has 1 atom stereocenters. The number of hydrogen-bond acceptors (Lipinski definition) is 5. The Morgan fingerprint density at radius 1 is 1.48 bits per heavy atom. The van der Waals surface area contributed by atoms with Crippen molar-refractivity contribution in [3.63, 3.8) is 0 Å². The van der Waals surface area contributed by atoms with Crippen molar-refractivity contribution in [2.24, 2.45) is 5.41 Å². The van der Waals surface area contributed by atoms with Gasteiger partial charge in [0.2, 0.25) is 11.8 Å². The molecule has 1 aliphatic heterocycles. The fourth-order valence-corrected chi connectivity index (χ4v) is 2.36. The van der Waals surface area contributed by atoms with Crippen LogP contribution in [-0.4, -0.2) is 50.5 Å². The van der Waals surface area contributed by atoms with Crippen molar-refractivity contribution in [3.8, 4) is 5.88 Å². The molecule has 1 aromatic rings. The number of pyridine rings is 1. The smallest absolute Gasteiger partial charge is 0.422 e. The number of ether oxygens (including phenoxy) is 2. The Labute approximate surface area is 131 Å². The summed E-state index contributed by atoms with van der Waals surface area (Å²) >= 11 is 0. The molecule has 2 heterocycles.